The first kappa shape index (κ1) is 18.1. The van der Waals surface area contributed by atoms with Gasteiger partial charge >= 0.3 is 6.61 Å². The fraction of sp³-hybridized carbons (Fsp3) is 0.467. The van der Waals surface area contributed by atoms with E-state index in [0.29, 0.717) is 27.6 Å². The molecular weight excluding hydrogens is 392 g/mol. The summed E-state index contributed by atoms with van der Waals surface area (Å²) < 4.78 is 32.1. The van der Waals surface area contributed by atoms with E-state index in [1.54, 1.807) is 4.57 Å². The Labute approximate surface area is 147 Å². The number of nitrogens with zero attached hydrogens (tertiary/aromatic N) is 3. The molecule has 0 aromatic carbocycles. The second-order valence-corrected chi connectivity index (χ2v) is 7.23. The van der Waals surface area contributed by atoms with E-state index in [9.17, 15) is 8.78 Å². The monoisotopic (exact) mass is 407 g/mol. The highest BCUT2D eigenvalue weighted by molar-refractivity contribution is 9.10. The number of hydrogen-bond donors (Lipinski definition) is 0. The highest BCUT2D eigenvalue weighted by Crippen LogP contribution is 2.35. The van der Waals surface area contributed by atoms with Crippen LogP contribution in [-0.4, -0.2) is 21.1 Å². The quantitative estimate of drug-likeness (QED) is 0.703. The lowest BCUT2D eigenvalue weighted by atomic mass is 9.93. The van der Waals surface area contributed by atoms with E-state index in [2.05, 4.69) is 30.6 Å². The zero-order valence-corrected chi connectivity index (χ0v) is 15.5. The Morgan fingerprint density at radius 2 is 2.04 bits per heavy atom. The molecule has 0 bridgehead atoms. The van der Waals surface area contributed by atoms with Gasteiger partial charge in [0.15, 0.2) is 11.6 Å². The number of aryl methyl sites for hydroxylation is 1. The molecule has 126 valence electrons. The average Bonchev–Trinajstić information content (AvgIpc) is 2.75. The lowest BCUT2D eigenvalue weighted by Gasteiger charge is -2.16. The predicted octanol–water partition coefficient (Wildman–Crippen LogP) is 5.14. The van der Waals surface area contributed by atoms with Crippen LogP contribution < -0.4 is 4.74 Å². The van der Waals surface area contributed by atoms with Crippen LogP contribution in [0.4, 0.5) is 8.78 Å². The van der Waals surface area contributed by atoms with E-state index in [1.165, 1.54) is 12.3 Å². The molecule has 0 radical (unpaired) electrons. The van der Waals surface area contributed by atoms with Gasteiger partial charge in [-0.3, -0.25) is 4.57 Å². The second kappa shape index (κ2) is 6.73. The van der Waals surface area contributed by atoms with Gasteiger partial charge < -0.3 is 4.74 Å². The molecule has 0 unspecified atom stereocenters. The van der Waals surface area contributed by atoms with Crippen LogP contribution in [0.25, 0.3) is 5.82 Å². The maximum atomic E-state index is 12.7. The summed E-state index contributed by atoms with van der Waals surface area (Å²) in [7, 11) is 0. The van der Waals surface area contributed by atoms with Crippen molar-refractivity contribution in [3.8, 4) is 11.6 Å². The Morgan fingerprint density at radius 1 is 1.39 bits per heavy atom. The molecule has 0 aliphatic rings. The zero-order chi connectivity index (χ0) is 17.4. The number of imidazole rings is 1. The maximum Gasteiger partial charge on any atom is 0.387 e. The van der Waals surface area contributed by atoms with Gasteiger partial charge in [0.2, 0.25) is 0 Å². The summed E-state index contributed by atoms with van der Waals surface area (Å²) in [6.45, 7) is 4.90. The number of halogens is 4. The van der Waals surface area contributed by atoms with Gasteiger partial charge in [0, 0.05) is 28.6 Å². The van der Waals surface area contributed by atoms with Gasteiger partial charge in [0.25, 0.3) is 0 Å². The molecular formula is C15H17BrClF2N3O. The van der Waals surface area contributed by atoms with E-state index in [0.717, 1.165) is 0 Å². The second-order valence-electron chi connectivity index (χ2n) is 5.96. The largest absolute Gasteiger partial charge is 0.431 e. The molecule has 0 aliphatic heterocycles. The summed E-state index contributed by atoms with van der Waals surface area (Å²) in [5.74, 6) is 0.760. The molecule has 2 rings (SSSR count). The summed E-state index contributed by atoms with van der Waals surface area (Å²) in [5.41, 5.74) is 0.398. The van der Waals surface area contributed by atoms with Gasteiger partial charge in [-0.15, -0.1) is 0 Å². The van der Waals surface area contributed by atoms with Crippen molar-refractivity contribution in [3.63, 3.8) is 0 Å². The van der Waals surface area contributed by atoms with E-state index in [4.69, 9.17) is 11.6 Å². The van der Waals surface area contributed by atoms with Crippen LogP contribution in [0.3, 0.4) is 0 Å². The minimum absolute atomic E-state index is 0.0659. The maximum absolute atomic E-state index is 12.7. The van der Waals surface area contributed by atoms with Gasteiger partial charge in [-0.05, 0) is 15.9 Å². The van der Waals surface area contributed by atoms with Crippen LogP contribution in [0.15, 0.2) is 16.7 Å². The zero-order valence-electron chi connectivity index (χ0n) is 13.2. The fourth-order valence-corrected chi connectivity index (χ4v) is 2.95. The first-order valence-electron chi connectivity index (χ1n) is 7.03. The van der Waals surface area contributed by atoms with Crippen LogP contribution in [0.1, 0.15) is 39.2 Å². The van der Waals surface area contributed by atoms with E-state index in [-0.39, 0.29) is 17.0 Å². The van der Waals surface area contributed by atoms with Crippen molar-refractivity contribution in [1.29, 1.82) is 0 Å². The standard InChI is InChI=1S/C15H17BrClF2N3O/c1-5-10-21-11(15(2,3)4)12(17)22(10)13-9(23-14(18)19)6-8(16)7-20-13/h6-7,14H,5H2,1-4H3. The Hall–Kier alpha value is -1.21. The molecule has 0 saturated heterocycles. The minimum Gasteiger partial charge on any atom is -0.431 e. The molecule has 4 nitrogen and oxygen atoms in total. The number of alkyl halides is 2. The third-order valence-corrected chi connectivity index (χ3v) is 3.93. The van der Waals surface area contributed by atoms with Crippen LogP contribution in [0.2, 0.25) is 5.15 Å². The van der Waals surface area contributed by atoms with Gasteiger partial charge in [0.05, 0.1) is 5.69 Å². The molecule has 0 N–H and O–H groups in total. The normalized spacial score (nSPS) is 12.0. The van der Waals surface area contributed by atoms with Gasteiger partial charge in [-0.1, -0.05) is 39.3 Å². The number of pyridine rings is 1. The summed E-state index contributed by atoms with van der Waals surface area (Å²) in [6, 6.07) is 1.43. The fourth-order valence-electron chi connectivity index (χ4n) is 2.14. The number of rotatable bonds is 4. The first-order chi connectivity index (χ1) is 10.6. The lowest BCUT2D eigenvalue weighted by Crippen LogP contribution is -2.13. The molecule has 2 aromatic heterocycles. The SMILES string of the molecule is CCc1nc(C(C)(C)C)c(Cl)n1-c1ncc(Br)cc1OC(F)F. The lowest BCUT2D eigenvalue weighted by molar-refractivity contribution is -0.0501. The van der Waals surface area contributed by atoms with Crippen molar-refractivity contribution < 1.29 is 13.5 Å². The molecule has 8 heteroatoms. The molecule has 0 spiro atoms. The van der Waals surface area contributed by atoms with Crippen molar-refractivity contribution in [2.24, 2.45) is 0 Å². The molecule has 0 amide bonds. The molecule has 0 saturated carbocycles. The molecule has 2 aromatic rings. The first-order valence-corrected chi connectivity index (χ1v) is 8.20. The third kappa shape index (κ3) is 3.83. The molecule has 23 heavy (non-hydrogen) atoms. The van der Waals surface area contributed by atoms with Crippen molar-refractivity contribution >= 4 is 27.5 Å². The van der Waals surface area contributed by atoms with Crippen LogP contribution in [0, 0.1) is 0 Å². The van der Waals surface area contributed by atoms with Gasteiger partial charge in [-0.2, -0.15) is 8.78 Å². The number of aromatic nitrogens is 3. The predicted molar refractivity (Wildman–Crippen MR) is 88.8 cm³/mol. The average molecular weight is 409 g/mol. The molecule has 0 atom stereocenters. The Bertz CT molecular complexity index is 713. The van der Waals surface area contributed by atoms with Crippen molar-refractivity contribution in [1.82, 2.24) is 14.5 Å². The van der Waals surface area contributed by atoms with Crippen molar-refractivity contribution in [2.75, 3.05) is 0 Å². The number of hydrogen-bond acceptors (Lipinski definition) is 3. The Morgan fingerprint density at radius 3 is 2.57 bits per heavy atom. The van der Waals surface area contributed by atoms with Crippen LogP contribution in [0.5, 0.6) is 5.75 Å². The van der Waals surface area contributed by atoms with Gasteiger partial charge in [-0.25, -0.2) is 9.97 Å². The summed E-state index contributed by atoms with van der Waals surface area (Å²) in [5, 5.41) is 0.350. The van der Waals surface area contributed by atoms with E-state index < -0.39 is 6.61 Å². The van der Waals surface area contributed by atoms with Crippen LogP contribution >= 0.6 is 27.5 Å². The van der Waals surface area contributed by atoms with E-state index >= 15 is 0 Å². The van der Waals surface area contributed by atoms with Crippen molar-refractivity contribution in [2.45, 2.75) is 46.1 Å². The summed E-state index contributed by atoms with van der Waals surface area (Å²) in [6.07, 6.45) is 2.07. The summed E-state index contributed by atoms with van der Waals surface area (Å²) in [4.78, 5) is 8.75. The summed E-state index contributed by atoms with van der Waals surface area (Å²) >= 11 is 9.69. The Balaban J connectivity index is 2.69. The topological polar surface area (TPSA) is 39.9 Å². The molecule has 0 fully saturated rings. The molecule has 2 heterocycles. The van der Waals surface area contributed by atoms with Gasteiger partial charge in [0.1, 0.15) is 11.0 Å². The smallest absolute Gasteiger partial charge is 0.387 e. The van der Waals surface area contributed by atoms with E-state index in [1.807, 2.05) is 27.7 Å². The highest BCUT2D eigenvalue weighted by Gasteiger charge is 2.27. The number of ether oxygens (including phenoxy) is 1. The molecule has 0 aliphatic carbocycles. The van der Waals surface area contributed by atoms with Crippen LogP contribution in [-0.2, 0) is 11.8 Å². The Kier molecular flexibility index (Phi) is 5.30. The third-order valence-electron chi connectivity index (χ3n) is 3.14. The van der Waals surface area contributed by atoms with Crippen molar-refractivity contribution in [3.05, 3.63) is 33.4 Å². The highest BCUT2D eigenvalue weighted by atomic mass is 79.9. The minimum atomic E-state index is -2.96.